The van der Waals surface area contributed by atoms with E-state index in [0.717, 1.165) is 17.9 Å². The van der Waals surface area contributed by atoms with Gasteiger partial charge in [0.15, 0.2) is 0 Å². The monoisotopic (exact) mass is 251 g/mol. The lowest BCUT2D eigenvalue weighted by molar-refractivity contribution is -0.140. The van der Waals surface area contributed by atoms with Crippen molar-refractivity contribution >= 4 is 5.97 Å². The minimum Gasteiger partial charge on any atom is -0.496 e. The fraction of sp³-hybridized carbons (Fsp3) is 0.500. The average Bonchev–Trinajstić information content (AvgIpc) is 2.37. The zero-order valence-electron chi connectivity index (χ0n) is 11.5. The molecule has 1 aromatic rings. The van der Waals surface area contributed by atoms with E-state index < -0.39 is 0 Å². The van der Waals surface area contributed by atoms with Gasteiger partial charge in [-0.2, -0.15) is 0 Å². The van der Waals surface area contributed by atoms with Crippen molar-refractivity contribution in [3.8, 4) is 5.75 Å². The third-order valence-corrected chi connectivity index (χ3v) is 2.90. The Labute approximate surface area is 108 Å². The molecule has 0 aliphatic rings. The number of methoxy groups -OCH3 is 2. The summed E-state index contributed by atoms with van der Waals surface area (Å²) in [5, 5.41) is 3.23. The fourth-order valence-corrected chi connectivity index (χ4v) is 1.78. The fourth-order valence-electron chi connectivity index (χ4n) is 1.78. The van der Waals surface area contributed by atoms with Crippen LogP contribution < -0.4 is 10.1 Å². The van der Waals surface area contributed by atoms with Gasteiger partial charge in [-0.1, -0.05) is 6.07 Å². The molecule has 0 spiro atoms. The average molecular weight is 251 g/mol. The summed E-state index contributed by atoms with van der Waals surface area (Å²) in [7, 11) is 3.08. The number of benzene rings is 1. The molecule has 100 valence electrons. The zero-order valence-corrected chi connectivity index (χ0v) is 11.5. The number of rotatable bonds is 6. The molecule has 0 saturated carbocycles. The Morgan fingerprint density at radius 1 is 1.22 bits per heavy atom. The van der Waals surface area contributed by atoms with Crippen LogP contribution in [-0.4, -0.2) is 26.7 Å². The predicted octanol–water partition coefficient (Wildman–Crippen LogP) is 1.96. The molecule has 1 N–H and O–H groups in total. The Morgan fingerprint density at radius 3 is 2.56 bits per heavy atom. The van der Waals surface area contributed by atoms with Gasteiger partial charge in [0.05, 0.1) is 20.6 Å². The number of esters is 1. The second kappa shape index (κ2) is 7.01. The van der Waals surface area contributed by atoms with Crippen LogP contribution in [0.2, 0.25) is 0 Å². The molecule has 0 saturated heterocycles. The van der Waals surface area contributed by atoms with E-state index in [9.17, 15) is 4.79 Å². The quantitative estimate of drug-likeness (QED) is 0.620. The maximum atomic E-state index is 10.9. The van der Waals surface area contributed by atoms with Crippen molar-refractivity contribution < 1.29 is 14.3 Å². The van der Waals surface area contributed by atoms with Crippen LogP contribution in [-0.2, 0) is 16.1 Å². The number of ether oxygens (including phenoxy) is 2. The molecule has 1 aromatic carbocycles. The van der Waals surface area contributed by atoms with E-state index in [-0.39, 0.29) is 5.97 Å². The summed E-state index contributed by atoms with van der Waals surface area (Å²) in [5.41, 5.74) is 3.52. The van der Waals surface area contributed by atoms with Gasteiger partial charge in [0.25, 0.3) is 0 Å². The topological polar surface area (TPSA) is 47.6 Å². The van der Waals surface area contributed by atoms with Gasteiger partial charge in [0.1, 0.15) is 5.75 Å². The molecule has 1 rings (SSSR count). The van der Waals surface area contributed by atoms with Crippen molar-refractivity contribution in [2.45, 2.75) is 26.8 Å². The van der Waals surface area contributed by atoms with Gasteiger partial charge < -0.3 is 14.8 Å². The highest BCUT2D eigenvalue weighted by atomic mass is 16.5. The van der Waals surface area contributed by atoms with Crippen molar-refractivity contribution in [2.75, 3.05) is 20.8 Å². The molecule has 0 radical (unpaired) electrons. The highest BCUT2D eigenvalue weighted by molar-refractivity contribution is 5.69. The summed E-state index contributed by atoms with van der Waals surface area (Å²) in [6.07, 6.45) is 0.394. The van der Waals surface area contributed by atoms with Gasteiger partial charge in [-0.15, -0.1) is 0 Å². The molecule has 0 aromatic heterocycles. The van der Waals surface area contributed by atoms with Crippen LogP contribution in [0.1, 0.15) is 23.1 Å². The van der Waals surface area contributed by atoms with E-state index in [1.807, 2.05) is 13.0 Å². The summed E-state index contributed by atoms with van der Waals surface area (Å²) in [6, 6.07) is 4.14. The molecule has 18 heavy (non-hydrogen) atoms. The lowest BCUT2D eigenvalue weighted by atomic mass is 10.0. The summed E-state index contributed by atoms with van der Waals surface area (Å²) >= 11 is 0. The van der Waals surface area contributed by atoms with E-state index in [1.54, 1.807) is 7.11 Å². The minimum absolute atomic E-state index is 0.190. The number of hydrogen-bond acceptors (Lipinski definition) is 4. The summed E-state index contributed by atoms with van der Waals surface area (Å²) in [5.74, 6) is 0.718. The first-order valence-corrected chi connectivity index (χ1v) is 6.00. The summed E-state index contributed by atoms with van der Waals surface area (Å²) in [4.78, 5) is 10.9. The molecule has 0 aliphatic heterocycles. The number of carbonyl (C=O) groups excluding carboxylic acids is 1. The smallest absolute Gasteiger partial charge is 0.306 e. The Hall–Kier alpha value is -1.55. The number of aryl methyl sites for hydroxylation is 2. The van der Waals surface area contributed by atoms with Crippen molar-refractivity contribution in [1.82, 2.24) is 5.32 Å². The first-order valence-electron chi connectivity index (χ1n) is 6.00. The van der Waals surface area contributed by atoms with Gasteiger partial charge in [0.2, 0.25) is 0 Å². The lowest BCUT2D eigenvalue weighted by Crippen LogP contribution is -2.19. The molecule has 0 atom stereocenters. The molecular formula is C14H21NO3. The molecule has 0 fully saturated rings. The SMILES string of the molecule is COC(=O)CCNCc1cc(C)c(OC)cc1C. The molecule has 0 amide bonds. The highest BCUT2D eigenvalue weighted by Crippen LogP contribution is 2.22. The zero-order chi connectivity index (χ0) is 13.5. The standard InChI is InChI=1S/C14H21NO3/c1-10-8-13(17-3)11(2)7-12(10)9-15-6-5-14(16)18-4/h7-8,15H,5-6,9H2,1-4H3. The van der Waals surface area contributed by atoms with E-state index in [0.29, 0.717) is 13.0 Å². The Balaban J connectivity index is 2.52. The normalized spacial score (nSPS) is 10.2. The molecular weight excluding hydrogens is 230 g/mol. The first-order chi connectivity index (χ1) is 8.58. The summed E-state index contributed by atoms with van der Waals surface area (Å²) in [6.45, 7) is 5.44. The van der Waals surface area contributed by atoms with E-state index in [1.165, 1.54) is 18.2 Å². The molecule has 4 heteroatoms. The van der Waals surface area contributed by atoms with Crippen LogP contribution in [0.4, 0.5) is 0 Å². The van der Waals surface area contributed by atoms with Gasteiger partial charge >= 0.3 is 5.97 Å². The third-order valence-electron chi connectivity index (χ3n) is 2.90. The van der Waals surface area contributed by atoms with Crippen LogP contribution in [0.15, 0.2) is 12.1 Å². The van der Waals surface area contributed by atoms with Crippen molar-refractivity contribution in [2.24, 2.45) is 0 Å². The lowest BCUT2D eigenvalue weighted by Gasteiger charge is -2.12. The van der Waals surface area contributed by atoms with Crippen LogP contribution in [0, 0.1) is 13.8 Å². The van der Waals surface area contributed by atoms with Gasteiger partial charge in [0, 0.05) is 13.1 Å². The molecule has 0 aliphatic carbocycles. The molecule has 4 nitrogen and oxygen atoms in total. The van der Waals surface area contributed by atoms with Crippen molar-refractivity contribution in [3.05, 3.63) is 28.8 Å². The Kier molecular flexibility index (Phi) is 5.65. The van der Waals surface area contributed by atoms with Gasteiger partial charge in [-0.05, 0) is 36.6 Å². The Morgan fingerprint density at radius 2 is 1.94 bits per heavy atom. The van der Waals surface area contributed by atoms with Gasteiger partial charge in [-0.25, -0.2) is 0 Å². The van der Waals surface area contributed by atoms with Gasteiger partial charge in [-0.3, -0.25) is 4.79 Å². The number of carbonyl (C=O) groups is 1. The maximum Gasteiger partial charge on any atom is 0.306 e. The second-order valence-electron chi connectivity index (χ2n) is 4.25. The number of nitrogens with one attached hydrogen (secondary N) is 1. The number of hydrogen-bond donors (Lipinski definition) is 1. The predicted molar refractivity (Wildman–Crippen MR) is 70.8 cm³/mol. The third kappa shape index (κ3) is 4.04. The second-order valence-corrected chi connectivity index (χ2v) is 4.25. The van der Waals surface area contributed by atoms with Crippen molar-refractivity contribution in [1.29, 1.82) is 0 Å². The van der Waals surface area contributed by atoms with Crippen LogP contribution >= 0.6 is 0 Å². The molecule has 0 unspecified atom stereocenters. The maximum absolute atomic E-state index is 10.9. The van der Waals surface area contributed by atoms with E-state index in [4.69, 9.17) is 4.74 Å². The summed E-state index contributed by atoms with van der Waals surface area (Å²) < 4.78 is 9.85. The largest absolute Gasteiger partial charge is 0.496 e. The van der Waals surface area contributed by atoms with E-state index >= 15 is 0 Å². The highest BCUT2D eigenvalue weighted by Gasteiger charge is 2.05. The van der Waals surface area contributed by atoms with Crippen LogP contribution in [0.25, 0.3) is 0 Å². The molecule has 0 heterocycles. The first kappa shape index (κ1) is 14.5. The van der Waals surface area contributed by atoms with Crippen molar-refractivity contribution in [3.63, 3.8) is 0 Å². The van der Waals surface area contributed by atoms with E-state index in [2.05, 4.69) is 23.0 Å². The Bertz CT molecular complexity index is 416. The minimum atomic E-state index is -0.190. The van der Waals surface area contributed by atoms with Crippen LogP contribution in [0.3, 0.4) is 0 Å². The van der Waals surface area contributed by atoms with Crippen LogP contribution in [0.5, 0.6) is 5.75 Å². The molecule has 0 bridgehead atoms.